The molecule has 2 aliphatic heterocycles. The molecule has 2 saturated heterocycles. The Morgan fingerprint density at radius 1 is 1.04 bits per heavy atom. The minimum absolute atomic E-state index is 0.172. The maximum absolute atomic E-state index is 13.1. The van der Waals surface area contributed by atoms with Gasteiger partial charge in [0, 0.05) is 30.4 Å². The number of carbonyl (C=O) groups excluding carboxylic acids is 1. The average molecular weight is 338 g/mol. The van der Waals surface area contributed by atoms with E-state index < -0.39 is 0 Å². The average Bonchev–Trinajstić information content (AvgIpc) is 3.35. The first-order valence-corrected chi connectivity index (χ1v) is 9.27. The molecule has 0 spiro atoms. The van der Waals surface area contributed by atoms with Crippen LogP contribution in [0.5, 0.6) is 0 Å². The molecule has 2 aromatic rings. The summed E-state index contributed by atoms with van der Waals surface area (Å²) in [4.78, 5) is 17.6. The Morgan fingerprint density at radius 2 is 1.76 bits per heavy atom. The maximum Gasteiger partial charge on any atom is 0.254 e. The van der Waals surface area contributed by atoms with Crippen LogP contribution in [0.15, 0.2) is 36.5 Å². The minimum Gasteiger partial charge on any atom is -0.334 e. The van der Waals surface area contributed by atoms with E-state index in [1.54, 1.807) is 0 Å². The van der Waals surface area contributed by atoms with E-state index in [9.17, 15) is 4.79 Å². The zero-order valence-corrected chi connectivity index (χ0v) is 15.1. The lowest BCUT2D eigenvalue weighted by atomic mass is 10.0. The molecule has 2 atom stereocenters. The van der Waals surface area contributed by atoms with Crippen molar-refractivity contribution in [3.8, 4) is 5.69 Å². The second kappa shape index (κ2) is 6.64. The van der Waals surface area contributed by atoms with E-state index in [-0.39, 0.29) is 5.91 Å². The first-order valence-electron chi connectivity index (χ1n) is 9.27. The van der Waals surface area contributed by atoms with Gasteiger partial charge in [0.15, 0.2) is 0 Å². The van der Waals surface area contributed by atoms with Gasteiger partial charge in [-0.15, -0.1) is 0 Å². The normalized spacial score (nSPS) is 24.2. The van der Waals surface area contributed by atoms with E-state index in [1.807, 2.05) is 48.1 Å². The summed E-state index contributed by atoms with van der Waals surface area (Å²) in [5.74, 6) is 0.172. The molecule has 25 heavy (non-hydrogen) atoms. The Labute approximate surface area is 149 Å². The van der Waals surface area contributed by atoms with E-state index in [2.05, 4.69) is 21.9 Å². The molecule has 0 bridgehead atoms. The molecule has 5 nitrogen and oxygen atoms in total. The van der Waals surface area contributed by atoms with Gasteiger partial charge in [-0.3, -0.25) is 4.79 Å². The molecule has 1 aromatic carbocycles. The van der Waals surface area contributed by atoms with Gasteiger partial charge in [-0.2, -0.15) is 5.10 Å². The SMILES string of the molecule is Cc1ccn(-c2ccc(C(=O)N3CCC[C@@H]3[C@H]3CCCN3C)cc2)n1. The molecule has 1 aromatic heterocycles. The number of amides is 1. The summed E-state index contributed by atoms with van der Waals surface area (Å²) in [5, 5.41) is 4.42. The Hall–Kier alpha value is -2.14. The standard InChI is InChI=1S/C20H26N4O/c1-15-11-14-24(21-15)17-9-7-16(8-10-17)20(25)23-13-4-6-19(23)18-5-3-12-22(18)2/h7-11,14,18-19H,3-6,12-13H2,1-2H3/t18-,19-/m1/s1. The summed E-state index contributed by atoms with van der Waals surface area (Å²) in [6.45, 7) is 4.01. The molecule has 0 saturated carbocycles. The number of hydrogen-bond donors (Lipinski definition) is 0. The molecule has 1 amide bonds. The van der Waals surface area contributed by atoms with Gasteiger partial charge < -0.3 is 9.80 Å². The second-order valence-electron chi connectivity index (χ2n) is 7.35. The fourth-order valence-electron chi connectivity index (χ4n) is 4.35. The van der Waals surface area contributed by atoms with Gasteiger partial charge >= 0.3 is 0 Å². The summed E-state index contributed by atoms with van der Waals surface area (Å²) in [6.07, 6.45) is 6.65. The van der Waals surface area contributed by atoms with Crippen molar-refractivity contribution in [3.63, 3.8) is 0 Å². The smallest absolute Gasteiger partial charge is 0.254 e. The summed E-state index contributed by atoms with van der Waals surface area (Å²) >= 11 is 0. The van der Waals surface area contributed by atoms with Crippen LogP contribution in [0.3, 0.4) is 0 Å². The van der Waals surface area contributed by atoms with Crippen molar-refractivity contribution in [3.05, 3.63) is 47.8 Å². The van der Waals surface area contributed by atoms with E-state index in [1.165, 1.54) is 12.8 Å². The first kappa shape index (κ1) is 16.3. The van der Waals surface area contributed by atoms with Crippen molar-refractivity contribution >= 4 is 5.91 Å². The lowest BCUT2D eigenvalue weighted by Gasteiger charge is -2.33. The fourth-order valence-corrected chi connectivity index (χ4v) is 4.35. The molecule has 0 aliphatic carbocycles. The van der Waals surface area contributed by atoms with Crippen LogP contribution in [0, 0.1) is 6.92 Å². The molecule has 2 fully saturated rings. The van der Waals surface area contributed by atoms with E-state index in [0.717, 1.165) is 42.9 Å². The first-order chi connectivity index (χ1) is 12.1. The zero-order valence-electron chi connectivity index (χ0n) is 15.1. The third kappa shape index (κ3) is 3.09. The predicted molar refractivity (Wildman–Crippen MR) is 98.0 cm³/mol. The lowest BCUT2D eigenvalue weighted by molar-refractivity contribution is 0.0664. The lowest BCUT2D eigenvalue weighted by Crippen LogP contribution is -2.47. The highest BCUT2D eigenvalue weighted by atomic mass is 16.2. The van der Waals surface area contributed by atoms with Gasteiger partial charge in [-0.05, 0) is 76.5 Å². The largest absolute Gasteiger partial charge is 0.334 e. The molecular weight excluding hydrogens is 312 g/mol. The van der Waals surface area contributed by atoms with E-state index in [0.29, 0.717) is 12.1 Å². The van der Waals surface area contributed by atoms with Crippen LogP contribution in [0.4, 0.5) is 0 Å². The number of nitrogens with zero attached hydrogens (tertiary/aromatic N) is 4. The zero-order chi connectivity index (χ0) is 17.4. The van der Waals surface area contributed by atoms with Gasteiger partial charge in [0.1, 0.15) is 0 Å². The number of rotatable bonds is 3. The number of aryl methyl sites for hydroxylation is 1. The highest BCUT2D eigenvalue weighted by molar-refractivity contribution is 5.94. The Kier molecular flexibility index (Phi) is 4.34. The summed E-state index contributed by atoms with van der Waals surface area (Å²) < 4.78 is 1.84. The van der Waals surface area contributed by atoms with E-state index in [4.69, 9.17) is 0 Å². The molecule has 0 radical (unpaired) electrons. The number of benzene rings is 1. The van der Waals surface area contributed by atoms with Crippen molar-refractivity contribution in [1.82, 2.24) is 19.6 Å². The van der Waals surface area contributed by atoms with Gasteiger partial charge in [-0.25, -0.2) is 4.68 Å². The van der Waals surface area contributed by atoms with Gasteiger partial charge in [0.05, 0.1) is 11.4 Å². The molecule has 5 heteroatoms. The Bertz CT molecular complexity index is 751. The van der Waals surface area contributed by atoms with Crippen LogP contribution in [0.1, 0.15) is 41.7 Å². The third-order valence-corrected chi connectivity index (χ3v) is 5.68. The molecule has 132 valence electrons. The summed E-state index contributed by atoms with van der Waals surface area (Å²) in [5.41, 5.74) is 2.75. The van der Waals surface area contributed by atoms with E-state index >= 15 is 0 Å². The monoisotopic (exact) mass is 338 g/mol. The number of likely N-dealkylation sites (N-methyl/N-ethyl adjacent to an activating group) is 1. The van der Waals surface area contributed by atoms with Crippen LogP contribution < -0.4 is 0 Å². The summed E-state index contributed by atoms with van der Waals surface area (Å²) in [6, 6.07) is 10.7. The Balaban J connectivity index is 1.52. The minimum atomic E-state index is 0.172. The third-order valence-electron chi connectivity index (χ3n) is 5.68. The molecular formula is C20H26N4O. The number of carbonyl (C=O) groups is 1. The van der Waals surface area contributed by atoms with Crippen LogP contribution in [-0.4, -0.2) is 57.7 Å². The number of aromatic nitrogens is 2. The molecule has 4 rings (SSSR count). The summed E-state index contributed by atoms with van der Waals surface area (Å²) in [7, 11) is 2.19. The highest BCUT2D eigenvalue weighted by Gasteiger charge is 2.38. The second-order valence-corrected chi connectivity index (χ2v) is 7.35. The van der Waals surface area contributed by atoms with Gasteiger partial charge in [0.25, 0.3) is 5.91 Å². The van der Waals surface area contributed by atoms with Crippen molar-refractivity contribution in [2.75, 3.05) is 20.1 Å². The molecule has 0 N–H and O–H groups in total. The Morgan fingerprint density at radius 3 is 2.40 bits per heavy atom. The van der Waals surface area contributed by atoms with Crippen LogP contribution in [0.2, 0.25) is 0 Å². The maximum atomic E-state index is 13.1. The predicted octanol–water partition coefficient (Wildman–Crippen LogP) is 2.88. The van der Waals surface area contributed by atoms with Crippen LogP contribution in [-0.2, 0) is 0 Å². The van der Waals surface area contributed by atoms with Gasteiger partial charge in [-0.1, -0.05) is 0 Å². The highest BCUT2D eigenvalue weighted by Crippen LogP contribution is 2.30. The number of hydrogen-bond acceptors (Lipinski definition) is 3. The van der Waals surface area contributed by atoms with Crippen molar-refractivity contribution < 1.29 is 4.79 Å². The fraction of sp³-hybridized carbons (Fsp3) is 0.500. The van der Waals surface area contributed by atoms with Crippen LogP contribution in [0.25, 0.3) is 5.69 Å². The number of likely N-dealkylation sites (tertiary alicyclic amines) is 2. The van der Waals surface area contributed by atoms with Crippen molar-refractivity contribution in [1.29, 1.82) is 0 Å². The molecule has 3 heterocycles. The van der Waals surface area contributed by atoms with Crippen LogP contribution >= 0.6 is 0 Å². The quantitative estimate of drug-likeness (QED) is 0.864. The molecule has 2 aliphatic rings. The molecule has 0 unspecified atom stereocenters. The topological polar surface area (TPSA) is 41.4 Å². The van der Waals surface area contributed by atoms with Crippen molar-refractivity contribution in [2.24, 2.45) is 0 Å². The van der Waals surface area contributed by atoms with Gasteiger partial charge in [0.2, 0.25) is 0 Å². The van der Waals surface area contributed by atoms with Crippen molar-refractivity contribution in [2.45, 2.75) is 44.7 Å².